The lowest BCUT2D eigenvalue weighted by atomic mass is 9.88. The maximum atomic E-state index is 12.5. The molecule has 1 atom stereocenters. The lowest BCUT2D eigenvalue weighted by molar-refractivity contribution is -0.127. The monoisotopic (exact) mass is 427 g/mol. The van der Waals surface area contributed by atoms with E-state index in [0.29, 0.717) is 22.3 Å². The Balaban J connectivity index is 1.59. The summed E-state index contributed by atoms with van der Waals surface area (Å²) in [7, 11) is 0. The number of ether oxygens (including phenoxy) is 1. The van der Waals surface area contributed by atoms with Gasteiger partial charge in [-0.1, -0.05) is 83.9 Å². The van der Waals surface area contributed by atoms with Crippen molar-refractivity contribution in [2.24, 2.45) is 0 Å². The lowest BCUT2D eigenvalue weighted by Crippen LogP contribution is -2.37. The minimum absolute atomic E-state index is 0.184. The fourth-order valence-corrected chi connectivity index (χ4v) is 3.65. The molecule has 0 fully saturated rings. The molecular weight excluding hydrogens is 405 g/mol. The van der Waals surface area contributed by atoms with Gasteiger partial charge in [0.15, 0.2) is 6.10 Å². The second kappa shape index (κ2) is 10.3. The van der Waals surface area contributed by atoms with E-state index in [0.717, 1.165) is 6.42 Å². The van der Waals surface area contributed by atoms with Crippen molar-refractivity contribution in [3.05, 3.63) is 100 Å². The molecule has 3 aromatic rings. The van der Waals surface area contributed by atoms with Crippen LogP contribution in [-0.4, -0.2) is 18.6 Å². The summed E-state index contributed by atoms with van der Waals surface area (Å²) in [5.74, 6) is 0.459. The number of rotatable bonds is 8. The van der Waals surface area contributed by atoms with Crippen molar-refractivity contribution in [1.29, 1.82) is 0 Å². The van der Waals surface area contributed by atoms with Crippen LogP contribution in [0, 0.1) is 0 Å². The van der Waals surface area contributed by atoms with Crippen LogP contribution < -0.4 is 10.1 Å². The van der Waals surface area contributed by atoms with Gasteiger partial charge >= 0.3 is 0 Å². The smallest absolute Gasteiger partial charge is 0.260 e. The number of hydrogen-bond donors (Lipinski definition) is 1. The van der Waals surface area contributed by atoms with Crippen molar-refractivity contribution in [2.75, 3.05) is 6.54 Å². The molecule has 29 heavy (non-hydrogen) atoms. The summed E-state index contributed by atoms with van der Waals surface area (Å²) in [6, 6.07) is 25.6. The molecule has 0 aliphatic carbocycles. The van der Waals surface area contributed by atoms with E-state index >= 15 is 0 Å². The Morgan fingerprint density at radius 1 is 0.931 bits per heavy atom. The lowest BCUT2D eigenvalue weighted by Gasteiger charge is -2.20. The number of amides is 1. The molecule has 0 saturated carbocycles. The van der Waals surface area contributed by atoms with Crippen LogP contribution in [-0.2, 0) is 4.79 Å². The molecule has 3 aromatic carbocycles. The van der Waals surface area contributed by atoms with Crippen LogP contribution in [0.15, 0.2) is 78.9 Å². The number of halogens is 2. The number of carbonyl (C=O) groups is 1. The summed E-state index contributed by atoms with van der Waals surface area (Å²) >= 11 is 12.0. The molecule has 0 radical (unpaired) electrons. The first-order valence-electron chi connectivity index (χ1n) is 9.54. The number of hydrogen-bond acceptors (Lipinski definition) is 2. The molecule has 0 unspecified atom stereocenters. The van der Waals surface area contributed by atoms with Crippen LogP contribution >= 0.6 is 23.2 Å². The Bertz CT molecular complexity index is 893. The van der Waals surface area contributed by atoms with E-state index in [-0.39, 0.29) is 11.8 Å². The average Bonchev–Trinajstić information content (AvgIpc) is 2.74. The van der Waals surface area contributed by atoms with Crippen molar-refractivity contribution in [1.82, 2.24) is 5.32 Å². The van der Waals surface area contributed by atoms with E-state index in [1.54, 1.807) is 25.1 Å². The molecule has 5 heteroatoms. The predicted molar refractivity (Wildman–Crippen MR) is 119 cm³/mol. The fourth-order valence-electron chi connectivity index (χ4n) is 3.19. The van der Waals surface area contributed by atoms with E-state index in [2.05, 4.69) is 29.6 Å². The van der Waals surface area contributed by atoms with Gasteiger partial charge in [0.25, 0.3) is 5.91 Å². The third kappa shape index (κ3) is 5.99. The molecule has 0 spiro atoms. The van der Waals surface area contributed by atoms with Crippen molar-refractivity contribution in [2.45, 2.75) is 25.4 Å². The number of benzene rings is 3. The van der Waals surface area contributed by atoms with Gasteiger partial charge < -0.3 is 10.1 Å². The van der Waals surface area contributed by atoms with Crippen molar-refractivity contribution in [3.8, 4) is 5.75 Å². The third-order valence-electron chi connectivity index (χ3n) is 4.70. The van der Waals surface area contributed by atoms with E-state index < -0.39 is 6.10 Å². The third-order valence-corrected chi connectivity index (χ3v) is 5.23. The van der Waals surface area contributed by atoms with Crippen molar-refractivity contribution < 1.29 is 9.53 Å². The van der Waals surface area contributed by atoms with Gasteiger partial charge in [-0.3, -0.25) is 4.79 Å². The van der Waals surface area contributed by atoms with E-state index in [4.69, 9.17) is 27.9 Å². The standard InChI is InChI=1S/C24H23Cl2NO2/c1-17(29-23-13-12-20(25)16-22(23)26)24(28)27-15-14-21(18-8-4-2-5-9-18)19-10-6-3-7-11-19/h2-13,16-17,21H,14-15H2,1H3,(H,27,28)/t17-/m1/s1. The summed E-state index contributed by atoms with van der Waals surface area (Å²) in [5, 5.41) is 3.87. The SMILES string of the molecule is C[C@@H](Oc1ccc(Cl)cc1Cl)C(=O)NCCC(c1ccccc1)c1ccccc1. The number of nitrogens with one attached hydrogen (secondary N) is 1. The highest BCUT2D eigenvalue weighted by Crippen LogP contribution is 2.29. The maximum absolute atomic E-state index is 12.5. The van der Waals surface area contributed by atoms with Crippen LogP contribution in [0.4, 0.5) is 0 Å². The second-order valence-electron chi connectivity index (χ2n) is 6.79. The van der Waals surface area contributed by atoms with Crippen LogP contribution in [0.3, 0.4) is 0 Å². The Morgan fingerprint density at radius 3 is 2.07 bits per heavy atom. The molecule has 1 N–H and O–H groups in total. The predicted octanol–water partition coefficient (Wildman–Crippen LogP) is 6.10. The molecule has 0 aliphatic rings. The zero-order valence-corrected chi connectivity index (χ0v) is 17.7. The van der Waals surface area contributed by atoms with Gasteiger partial charge in [-0.15, -0.1) is 0 Å². The summed E-state index contributed by atoms with van der Waals surface area (Å²) in [5.41, 5.74) is 2.45. The largest absolute Gasteiger partial charge is 0.479 e. The molecular formula is C24H23Cl2NO2. The van der Waals surface area contributed by atoms with Gasteiger partial charge in [0.05, 0.1) is 5.02 Å². The summed E-state index contributed by atoms with van der Waals surface area (Å²) in [4.78, 5) is 12.5. The highest BCUT2D eigenvalue weighted by atomic mass is 35.5. The normalized spacial score (nSPS) is 11.9. The van der Waals surface area contributed by atoms with Crippen LogP contribution in [0.1, 0.15) is 30.4 Å². The quantitative estimate of drug-likeness (QED) is 0.471. The minimum Gasteiger partial charge on any atom is -0.479 e. The van der Waals surface area contributed by atoms with Gasteiger partial charge in [-0.2, -0.15) is 0 Å². The Labute approximate surface area is 181 Å². The van der Waals surface area contributed by atoms with Gasteiger partial charge in [0.1, 0.15) is 5.75 Å². The molecule has 0 aliphatic heterocycles. The van der Waals surface area contributed by atoms with Crippen LogP contribution in [0.5, 0.6) is 5.75 Å². The highest BCUT2D eigenvalue weighted by Gasteiger charge is 2.18. The Kier molecular flexibility index (Phi) is 7.56. The Hall–Kier alpha value is -2.49. The van der Waals surface area contributed by atoms with E-state index in [1.807, 2.05) is 36.4 Å². The second-order valence-corrected chi connectivity index (χ2v) is 7.63. The Morgan fingerprint density at radius 2 is 1.52 bits per heavy atom. The highest BCUT2D eigenvalue weighted by molar-refractivity contribution is 6.35. The van der Waals surface area contributed by atoms with Gasteiger partial charge in [-0.05, 0) is 42.7 Å². The topological polar surface area (TPSA) is 38.3 Å². The molecule has 3 nitrogen and oxygen atoms in total. The maximum Gasteiger partial charge on any atom is 0.260 e. The summed E-state index contributed by atoms with van der Waals surface area (Å²) < 4.78 is 5.69. The number of carbonyl (C=O) groups excluding carboxylic acids is 1. The van der Waals surface area contributed by atoms with E-state index in [1.165, 1.54) is 11.1 Å². The molecule has 0 bridgehead atoms. The van der Waals surface area contributed by atoms with E-state index in [9.17, 15) is 4.79 Å². The zero-order chi connectivity index (χ0) is 20.6. The van der Waals surface area contributed by atoms with Gasteiger partial charge in [0.2, 0.25) is 0 Å². The fraction of sp³-hybridized carbons (Fsp3) is 0.208. The van der Waals surface area contributed by atoms with Crippen molar-refractivity contribution in [3.63, 3.8) is 0 Å². The van der Waals surface area contributed by atoms with Crippen LogP contribution in [0.2, 0.25) is 10.0 Å². The minimum atomic E-state index is -0.666. The van der Waals surface area contributed by atoms with Crippen LogP contribution in [0.25, 0.3) is 0 Å². The first-order chi connectivity index (χ1) is 14.0. The summed E-state index contributed by atoms with van der Waals surface area (Å²) in [6.07, 6.45) is 0.120. The summed E-state index contributed by atoms with van der Waals surface area (Å²) in [6.45, 7) is 2.24. The first kappa shape index (κ1) is 21.2. The molecule has 0 aromatic heterocycles. The zero-order valence-electron chi connectivity index (χ0n) is 16.1. The average molecular weight is 428 g/mol. The molecule has 150 valence electrons. The molecule has 0 heterocycles. The molecule has 0 saturated heterocycles. The van der Waals surface area contributed by atoms with Gasteiger partial charge in [0, 0.05) is 17.5 Å². The first-order valence-corrected chi connectivity index (χ1v) is 10.3. The van der Waals surface area contributed by atoms with Gasteiger partial charge in [-0.25, -0.2) is 0 Å². The van der Waals surface area contributed by atoms with Crippen molar-refractivity contribution >= 4 is 29.1 Å². The molecule has 3 rings (SSSR count). The molecule has 1 amide bonds.